The molecule has 2 aromatic carbocycles. The number of fused-ring (bicyclic) bond motifs is 1. The third-order valence-corrected chi connectivity index (χ3v) is 3.97. The molecule has 102 valence electrons. The van der Waals surface area contributed by atoms with E-state index in [1.165, 1.54) is 0 Å². The summed E-state index contributed by atoms with van der Waals surface area (Å²) in [6.07, 6.45) is -0.743. The molecule has 0 saturated carbocycles. The van der Waals surface area contributed by atoms with Gasteiger partial charge in [-0.3, -0.25) is 0 Å². The smallest absolute Gasteiger partial charge is 0.323 e. The lowest BCUT2D eigenvalue weighted by molar-refractivity contribution is 0.219. The van der Waals surface area contributed by atoms with Crippen molar-refractivity contribution in [3.05, 3.63) is 68.0 Å². The summed E-state index contributed by atoms with van der Waals surface area (Å²) in [4.78, 5) is 16.7. The van der Waals surface area contributed by atoms with Crippen molar-refractivity contribution in [1.29, 1.82) is 0 Å². The average molecular weight is 333 g/mol. The van der Waals surface area contributed by atoms with Gasteiger partial charge in [0.15, 0.2) is 0 Å². The largest absolute Gasteiger partial charge is 0.384 e. The molecule has 1 heterocycles. The van der Waals surface area contributed by atoms with Gasteiger partial charge in [-0.05, 0) is 24.6 Å². The predicted molar refractivity (Wildman–Crippen MR) is 81.9 cm³/mol. The number of nitrogens with one attached hydrogen (secondary N) is 2. The highest BCUT2D eigenvalue weighted by molar-refractivity contribution is 9.10. The molecular formula is C15H13BrN2O2. The summed E-state index contributed by atoms with van der Waals surface area (Å²) >= 11 is 3.45. The number of aromatic nitrogens is 2. The molecule has 0 amide bonds. The number of aromatic amines is 2. The Labute approximate surface area is 123 Å². The Hall–Kier alpha value is -1.85. The normalized spacial score (nSPS) is 12.8. The summed E-state index contributed by atoms with van der Waals surface area (Å²) in [5.41, 5.74) is 3.77. The average Bonchev–Trinajstić information content (AvgIpc) is 2.76. The van der Waals surface area contributed by atoms with Crippen molar-refractivity contribution in [3.8, 4) is 0 Å². The maximum Gasteiger partial charge on any atom is 0.323 e. The summed E-state index contributed by atoms with van der Waals surface area (Å²) in [7, 11) is 0. The van der Waals surface area contributed by atoms with E-state index >= 15 is 0 Å². The summed E-state index contributed by atoms with van der Waals surface area (Å²) in [6, 6.07) is 11.3. The summed E-state index contributed by atoms with van der Waals surface area (Å²) in [5, 5.41) is 10.5. The second kappa shape index (κ2) is 4.92. The quantitative estimate of drug-likeness (QED) is 0.675. The Morgan fingerprint density at radius 3 is 2.55 bits per heavy atom. The molecule has 1 unspecified atom stereocenters. The molecule has 0 aliphatic heterocycles. The fourth-order valence-corrected chi connectivity index (χ4v) is 2.86. The van der Waals surface area contributed by atoms with Gasteiger partial charge in [0, 0.05) is 10.0 Å². The molecule has 0 aliphatic carbocycles. The van der Waals surface area contributed by atoms with Crippen LogP contribution in [0.4, 0.5) is 0 Å². The number of hydrogen-bond donors (Lipinski definition) is 3. The Kier molecular flexibility index (Phi) is 3.23. The summed E-state index contributed by atoms with van der Waals surface area (Å²) in [5.74, 6) is 0. The minimum atomic E-state index is -0.743. The molecule has 20 heavy (non-hydrogen) atoms. The highest BCUT2D eigenvalue weighted by atomic mass is 79.9. The van der Waals surface area contributed by atoms with Gasteiger partial charge in [0.05, 0.1) is 11.0 Å². The second-order valence-electron chi connectivity index (χ2n) is 4.82. The number of aliphatic hydroxyl groups is 1. The molecule has 3 N–H and O–H groups in total. The molecular weight excluding hydrogens is 320 g/mol. The van der Waals surface area contributed by atoms with E-state index < -0.39 is 6.10 Å². The Morgan fingerprint density at radius 2 is 1.85 bits per heavy atom. The number of hydrogen-bond acceptors (Lipinski definition) is 2. The van der Waals surface area contributed by atoms with Gasteiger partial charge in [0.1, 0.15) is 6.10 Å². The third kappa shape index (κ3) is 2.30. The van der Waals surface area contributed by atoms with E-state index in [1.54, 1.807) is 12.1 Å². The van der Waals surface area contributed by atoms with E-state index in [2.05, 4.69) is 25.9 Å². The van der Waals surface area contributed by atoms with Crippen molar-refractivity contribution in [2.45, 2.75) is 13.0 Å². The van der Waals surface area contributed by atoms with Crippen molar-refractivity contribution < 1.29 is 5.11 Å². The van der Waals surface area contributed by atoms with Crippen LogP contribution in [0.2, 0.25) is 0 Å². The highest BCUT2D eigenvalue weighted by Crippen LogP contribution is 2.31. The van der Waals surface area contributed by atoms with Crippen LogP contribution in [0.3, 0.4) is 0 Å². The fourth-order valence-electron chi connectivity index (χ4n) is 2.30. The van der Waals surface area contributed by atoms with Gasteiger partial charge >= 0.3 is 5.69 Å². The highest BCUT2D eigenvalue weighted by Gasteiger charge is 2.15. The number of aliphatic hydroxyl groups excluding tert-OH is 1. The molecule has 0 aliphatic rings. The van der Waals surface area contributed by atoms with Crippen molar-refractivity contribution in [2.75, 3.05) is 0 Å². The van der Waals surface area contributed by atoms with Crippen LogP contribution in [0.15, 0.2) is 45.7 Å². The number of rotatable bonds is 2. The monoisotopic (exact) mass is 332 g/mol. The van der Waals surface area contributed by atoms with Gasteiger partial charge in [-0.25, -0.2) is 4.79 Å². The number of benzene rings is 2. The molecule has 0 spiro atoms. The van der Waals surface area contributed by atoms with Crippen LogP contribution in [0.25, 0.3) is 11.0 Å². The number of imidazole rings is 1. The van der Waals surface area contributed by atoms with E-state index in [9.17, 15) is 9.90 Å². The summed E-state index contributed by atoms with van der Waals surface area (Å²) in [6.45, 7) is 1.98. The van der Waals surface area contributed by atoms with Crippen molar-refractivity contribution in [1.82, 2.24) is 9.97 Å². The summed E-state index contributed by atoms with van der Waals surface area (Å²) < 4.78 is 0.759. The van der Waals surface area contributed by atoms with Crippen molar-refractivity contribution in [2.24, 2.45) is 0 Å². The first kappa shape index (κ1) is 13.1. The lowest BCUT2D eigenvalue weighted by atomic mass is 10.00. The van der Waals surface area contributed by atoms with Crippen LogP contribution in [0.5, 0.6) is 0 Å². The fraction of sp³-hybridized carbons (Fsp3) is 0.133. The van der Waals surface area contributed by atoms with Gasteiger partial charge in [-0.1, -0.05) is 45.8 Å². The molecule has 1 atom stereocenters. The van der Waals surface area contributed by atoms with Crippen LogP contribution in [-0.2, 0) is 0 Å². The lowest BCUT2D eigenvalue weighted by Crippen LogP contribution is -2.01. The van der Waals surface area contributed by atoms with E-state index in [0.717, 1.165) is 21.2 Å². The second-order valence-corrected chi connectivity index (χ2v) is 5.67. The lowest BCUT2D eigenvalue weighted by Gasteiger charge is -2.14. The van der Waals surface area contributed by atoms with Gasteiger partial charge in [0.25, 0.3) is 0 Å². The zero-order valence-electron chi connectivity index (χ0n) is 10.8. The van der Waals surface area contributed by atoms with E-state index in [-0.39, 0.29) is 5.69 Å². The first-order valence-corrected chi connectivity index (χ1v) is 7.00. The maximum absolute atomic E-state index is 11.3. The maximum atomic E-state index is 11.3. The molecule has 0 bridgehead atoms. The predicted octanol–water partition coefficient (Wildman–Crippen LogP) is 3.01. The van der Waals surface area contributed by atoms with Gasteiger partial charge in [0.2, 0.25) is 0 Å². The number of aryl methyl sites for hydroxylation is 1. The minimum Gasteiger partial charge on any atom is -0.384 e. The molecule has 3 aromatic rings. The molecule has 0 radical (unpaired) electrons. The van der Waals surface area contributed by atoms with E-state index in [1.807, 2.05) is 31.2 Å². The Morgan fingerprint density at radius 1 is 1.15 bits per heavy atom. The molecule has 4 nitrogen and oxygen atoms in total. The molecule has 1 aromatic heterocycles. The zero-order valence-corrected chi connectivity index (χ0v) is 12.4. The van der Waals surface area contributed by atoms with Gasteiger partial charge in [-0.2, -0.15) is 0 Å². The van der Waals surface area contributed by atoms with E-state index in [4.69, 9.17) is 0 Å². The van der Waals surface area contributed by atoms with Crippen LogP contribution < -0.4 is 5.69 Å². The standard InChI is InChI=1S/C15H13BrN2O2/c1-8-3-2-4-9(5-8)14(19)10-6-12-13(7-11(10)16)18-15(20)17-12/h2-7,14,19H,1H3,(H2,17,18,20). The molecule has 0 fully saturated rings. The minimum absolute atomic E-state index is 0.255. The Bertz CT molecular complexity index is 835. The van der Waals surface area contributed by atoms with Crippen molar-refractivity contribution >= 4 is 27.0 Å². The third-order valence-electron chi connectivity index (χ3n) is 3.29. The molecule has 3 rings (SSSR count). The van der Waals surface area contributed by atoms with Crippen molar-refractivity contribution in [3.63, 3.8) is 0 Å². The number of halogens is 1. The number of H-pyrrole nitrogens is 2. The molecule has 0 saturated heterocycles. The van der Waals surface area contributed by atoms with Crippen LogP contribution in [0.1, 0.15) is 22.8 Å². The molecule has 5 heteroatoms. The first-order valence-electron chi connectivity index (χ1n) is 6.20. The first-order chi connectivity index (χ1) is 9.54. The van der Waals surface area contributed by atoms with E-state index in [0.29, 0.717) is 11.0 Å². The topological polar surface area (TPSA) is 68.9 Å². The van der Waals surface area contributed by atoms with Crippen LogP contribution >= 0.6 is 15.9 Å². The zero-order chi connectivity index (χ0) is 14.3. The van der Waals surface area contributed by atoms with Gasteiger partial charge < -0.3 is 15.1 Å². The van der Waals surface area contributed by atoms with Gasteiger partial charge in [-0.15, -0.1) is 0 Å². The SMILES string of the molecule is Cc1cccc(C(O)c2cc3[nH]c(=O)[nH]c3cc2Br)c1. The van der Waals surface area contributed by atoms with Crippen LogP contribution in [-0.4, -0.2) is 15.1 Å². The van der Waals surface area contributed by atoms with Crippen LogP contribution in [0, 0.1) is 6.92 Å². The Balaban J connectivity index is 2.13.